The minimum absolute atomic E-state index is 0.0290. The van der Waals surface area contributed by atoms with Gasteiger partial charge in [-0.2, -0.15) is 0 Å². The van der Waals surface area contributed by atoms with E-state index in [4.69, 9.17) is 4.74 Å². The molecule has 0 rings (SSSR count). The summed E-state index contributed by atoms with van der Waals surface area (Å²) < 4.78 is 5.82. The minimum Gasteiger partial charge on any atom is -0.362 e. The van der Waals surface area contributed by atoms with Crippen LogP contribution in [-0.2, 0) is 14.3 Å². The number of nitrogens with zero attached hydrogens (tertiary/aromatic N) is 2. The molecule has 0 unspecified atom stereocenters. The molecule has 0 N–H and O–H groups in total. The number of amides is 2. The molecule has 2 amide bonds. The molecule has 0 radical (unpaired) electrons. The third-order valence-electron chi connectivity index (χ3n) is 9.28. The van der Waals surface area contributed by atoms with E-state index in [0.717, 1.165) is 51.9 Å². The molecule has 0 bridgehead atoms. The number of hydrogen-bond donors (Lipinski definition) is 0. The van der Waals surface area contributed by atoms with Crippen LogP contribution < -0.4 is 0 Å². The summed E-state index contributed by atoms with van der Waals surface area (Å²) in [7, 11) is 0. The Morgan fingerprint density at radius 3 is 0.756 bits per heavy atom. The number of rotatable bonds is 36. The molecule has 0 aromatic rings. The monoisotopic (exact) mass is 637 g/mol. The molecule has 0 saturated carbocycles. The first-order valence-electron chi connectivity index (χ1n) is 20.2. The molecule has 0 aliphatic carbocycles. The van der Waals surface area contributed by atoms with Gasteiger partial charge in [-0.15, -0.1) is 0 Å². The molecular formula is C40H80N2O3. The van der Waals surface area contributed by atoms with Crippen LogP contribution in [0.3, 0.4) is 0 Å². The summed E-state index contributed by atoms with van der Waals surface area (Å²) in [6, 6.07) is 0. The van der Waals surface area contributed by atoms with Gasteiger partial charge >= 0.3 is 0 Å². The summed E-state index contributed by atoms with van der Waals surface area (Å²) in [5.41, 5.74) is 0. The van der Waals surface area contributed by atoms with Gasteiger partial charge in [-0.25, -0.2) is 0 Å². The van der Waals surface area contributed by atoms with Crippen LogP contribution in [-0.4, -0.2) is 61.0 Å². The van der Waals surface area contributed by atoms with E-state index in [1.807, 2.05) is 9.80 Å². The average molecular weight is 637 g/mol. The van der Waals surface area contributed by atoms with Gasteiger partial charge in [0.25, 0.3) is 0 Å². The zero-order valence-electron chi connectivity index (χ0n) is 31.2. The van der Waals surface area contributed by atoms with Crippen molar-refractivity contribution in [3.63, 3.8) is 0 Å². The maximum atomic E-state index is 13.2. The topological polar surface area (TPSA) is 49.9 Å². The van der Waals surface area contributed by atoms with E-state index in [-0.39, 0.29) is 25.0 Å². The molecule has 0 saturated heterocycles. The summed E-state index contributed by atoms with van der Waals surface area (Å²) in [6.45, 7) is 12.4. The third kappa shape index (κ3) is 30.0. The lowest BCUT2D eigenvalue weighted by molar-refractivity contribution is -0.142. The summed E-state index contributed by atoms with van der Waals surface area (Å²) in [5.74, 6) is 0.120. The number of carbonyl (C=O) groups is 2. The van der Waals surface area contributed by atoms with Crippen LogP contribution in [0.1, 0.15) is 207 Å². The van der Waals surface area contributed by atoms with Gasteiger partial charge in [-0.05, 0) is 25.7 Å². The predicted octanol–water partition coefficient (Wildman–Crippen LogP) is 11.7. The van der Waals surface area contributed by atoms with Gasteiger partial charge in [0, 0.05) is 26.2 Å². The fraction of sp³-hybridized carbons (Fsp3) is 0.950. The molecule has 0 fully saturated rings. The zero-order valence-corrected chi connectivity index (χ0v) is 31.2. The lowest BCUT2D eigenvalue weighted by Gasteiger charge is -2.24. The fourth-order valence-electron chi connectivity index (χ4n) is 6.17. The maximum Gasteiger partial charge on any atom is 0.248 e. The smallest absolute Gasteiger partial charge is 0.248 e. The highest BCUT2D eigenvalue weighted by Crippen LogP contribution is 2.13. The zero-order chi connectivity index (χ0) is 33.1. The molecular weight excluding hydrogens is 556 g/mol. The Labute approximate surface area is 282 Å². The van der Waals surface area contributed by atoms with Gasteiger partial charge in [-0.3, -0.25) is 9.59 Å². The first kappa shape index (κ1) is 43.9. The second kappa shape index (κ2) is 35.7. The van der Waals surface area contributed by atoms with Gasteiger partial charge in [-0.1, -0.05) is 182 Å². The van der Waals surface area contributed by atoms with E-state index in [1.165, 1.54) is 154 Å². The van der Waals surface area contributed by atoms with Crippen molar-refractivity contribution in [3.8, 4) is 0 Å². The highest BCUT2D eigenvalue weighted by atomic mass is 16.5. The predicted molar refractivity (Wildman–Crippen MR) is 196 cm³/mol. The Balaban J connectivity index is 4.69. The van der Waals surface area contributed by atoms with Crippen LogP contribution in [0.25, 0.3) is 0 Å². The second-order valence-electron chi connectivity index (χ2n) is 13.7. The Hall–Kier alpha value is -1.10. The van der Waals surface area contributed by atoms with Crippen LogP contribution in [0.2, 0.25) is 0 Å². The molecule has 5 nitrogen and oxygen atoms in total. The Kier molecular flexibility index (Phi) is 34.9. The van der Waals surface area contributed by atoms with Crippen LogP contribution in [0.4, 0.5) is 0 Å². The van der Waals surface area contributed by atoms with Gasteiger partial charge in [0.05, 0.1) is 0 Å². The van der Waals surface area contributed by atoms with E-state index in [1.54, 1.807) is 0 Å². The standard InChI is InChI=1S/C40H80N2O3/c1-5-9-13-17-21-23-27-31-35-41(33-29-25-19-15-11-7-3)39(43)37-45-38-40(44)42(34-30-26-20-16-12-8-4)36-32-28-24-22-18-14-10-6-2/h5-38H2,1-4H3. The molecule has 0 spiro atoms. The van der Waals surface area contributed by atoms with Crippen molar-refractivity contribution in [2.24, 2.45) is 0 Å². The van der Waals surface area contributed by atoms with Crippen LogP contribution >= 0.6 is 0 Å². The number of carbonyl (C=O) groups excluding carboxylic acids is 2. The van der Waals surface area contributed by atoms with E-state index >= 15 is 0 Å². The van der Waals surface area contributed by atoms with Crippen LogP contribution in [0.5, 0.6) is 0 Å². The van der Waals surface area contributed by atoms with Gasteiger partial charge < -0.3 is 14.5 Å². The van der Waals surface area contributed by atoms with Crippen molar-refractivity contribution in [3.05, 3.63) is 0 Å². The van der Waals surface area contributed by atoms with Crippen molar-refractivity contribution in [2.45, 2.75) is 207 Å². The van der Waals surface area contributed by atoms with E-state index < -0.39 is 0 Å². The quantitative estimate of drug-likeness (QED) is 0.0643. The minimum atomic E-state index is 0.0290. The molecule has 45 heavy (non-hydrogen) atoms. The third-order valence-corrected chi connectivity index (χ3v) is 9.28. The first-order chi connectivity index (χ1) is 22.1. The fourth-order valence-corrected chi connectivity index (χ4v) is 6.17. The van der Waals surface area contributed by atoms with E-state index in [2.05, 4.69) is 27.7 Å². The van der Waals surface area contributed by atoms with Crippen LogP contribution in [0.15, 0.2) is 0 Å². The first-order valence-corrected chi connectivity index (χ1v) is 20.2. The number of ether oxygens (including phenoxy) is 1. The summed E-state index contributed by atoms with van der Waals surface area (Å²) in [5, 5.41) is 0. The lowest BCUT2D eigenvalue weighted by Crippen LogP contribution is -2.39. The molecule has 0 heterocycles. The SMILES string of the molecule is CCCCCCCCCCN(CCCCCCCC)C(=O)COCC(=O)N(CCCCCCCC)CCCCCCCCCC. The largest absolute Gasteiger partial charge is 0.362 e. The highest BCUT2D eigenvalue weighted by Gasteiger charge is 2.17. The molecule has 268 valence electrons. The molecule has 5 heteroatoms. The maximum absolute atomic E-state index is 13.2. The lowest BCUT2D eigenvalue weighted by atomic mass is 10.1. The Bertz CT molecular complexity index is 575. The Morgan fingerprint density at radius 1 is 0.333 bits per heavy atom. The second-order valence-corrected chi connectivity index (χ2v) is 13.7. The summed E-state index contributed by atoms with van der Waals surface area (Å²) >= 11 is 0. The molecule has 0 aliphatic rings. The van der Waals surface area contributed by atoms with Crippen molar-refractivity contribution in [1.82, 2.24) is 9.80 Å². The van der Waals surface area contributed by atoms with E-state index in [9.17, 15) is 9.59 Å². The van der Waals surface area contributed by atoms with Crippen LogP contribution in [0, 0.1) is 0 Å². The van der Waals surface area contributed by atoms with E-state index in [0.29, 0.717) is 0 Å². The normalized spacial score (nSPS) is 11.3. The molecule has 0 aromatic carbocycles. The van der Waals surface area contributed by atoms with Crippen molar-refractivity contribution >= 4 is 11.8 Å². The average Bonchev–Trinajstić information content (AvgIpc) is 3.04. The summed E-state index contributed by atoms with van der Waals surface area (Å²) in [4.78, 5) is 30.5. The highest BCUT2D eigenvalue weighted by molar-refractivity contribution is 5.79. The van der Waals surface area contributed by atoms with Gasteiger partial charge in [0.2, 0.25) is 11.8 Å². The summed E-state index contributed by atoms with van der Waals surface area (Å²) in [6.07, 6.45) is 35.1. The number of hydrogen-bond acceptors (Lipinski definition) is 3. The van der Waals surface area contributed by atoms with Gasteiger partial charge in [0.15, 0.2) is 0 Å². The molecule has 0 atom stereocenters. The molecule has 0 aromatic heterocycles. The van der Waals surface area contributed by atoms with Crippen molar-refractivity contribution < 1.29 is 14.3 Å². The van der Waals surface area contributed by atoms with Gasteiger partial charge in [0.1, 0.15) is 13.2 Å². The molecule has 0 aliphatic heterocycles. The number of unbranched alkanes of at least 4 members (excludes halogenated alkanes) is 24. The Morgan fingerprint density at radius 2 is 0.533 bits per heavy atom. The van der Waals surface area contributed by atoms with Crippen molar-refractivity contribution in [2.75, 3.05) is 39.4 Å². The van der Waals surface area contributed by atoms with Crippen molar-refractivity contribution in [1.29, 1.82) is 0 Å².